The van der Waals surface area contributed by atoms with Gasteiger partial charge in [-0.1, -0.05) is 48.0 Å². The van der Waals surface area contributed by atoms with Crippen LogP contribution in [0.1, 0.15) is 27.3 Å². The fourth-order valence-corrected chi connectivity index (χ4v) is 3.30. The lowest BCUT2D eigenvalue weighted by molar-refractivity contribution is 0.102. The molecule has 0 atom stereocenters. The fourth-order valence-electron chi connectivity index (χ4n) is 3.30. The molecule has 30 heavy (non-hydrogen) atoms. The van der Waals surface area contributed by atoms with Crippen molar-refractivity contribution in [1.82, 2.24) is 9.78 Å². The quantitative estimate of drug-likeness (QED) is 0.460. The van der Waals surface area contributed by atoms with E-state index in [1.807, 2.05) is 92.2 Å². The van der Waals surface area contributed by atoms with Gasteiger partial charge in [-0.05, 0) is 57.2 Å². The standard InChI is InChI=1S/C25H23N3O2/c1-17-13-15-20(16-14-17)28-19(3)24(18(2)27-28)26-25(29)22-11-7-8-12-23(22)30-21-9-5-4-6-10-21/h4-16H,1-3H3,(H,26,29). The normalized spacial score (nSPS) is 10.6. The second-order valence-electron chi connectivity index (χ2n) is 7.16. The van der Waals surface area contributed by atoms with Crippen LogP contribution in [0.25, 0.3) is 5.69 Å². The first-order chi connectivity index (χ1) is 14.5. The van der Waals surface area contributed by atoms with Gasteiger partial charge in [0.1, 0.15) is 11.5 Å². The molecule has 3 aromatic carbocycles. The molecule has 0 saturated heterocycles. The molecule has 0 aliphatic heterocycles. The van der Waals surface area contributed by atoms with Gasteiger partial charge in [-0.2, -0.15) is 5.10 Å². The molecule has 0 spiro atoms. The van der Waals surface area contributed by atoms with Crippen molar-refractivity contribution in [3.63, 3.8) is 0 Å². The van der Waals surface area contributed by atoms with E-state index in [4.69, 9.17) is 4.74 Å². The summed E-state index contributed by atoms with van der Waals surface area (Å²) in [5.74, 6) is 0.941. The number of benzene rings is 3. The van der Waals surface area contributed by atoms with E-state index >= 15 is 0 Å². The van der Waals surface area contributed by atoms with E-state index in [9.17, 15) is 4.79 Å². The summed E-state index contributed by atoms with van der Waals surface area (Å²) in [7, 11) is 0. The molecule has 0 radical (unpaired) electrons. The van der Waals surface area contributed by atoms with Gasteiger partial charge in [0.05, 0.1) is 28.3 Å². The van der Waals surface area contributed by atoms with E-state index in [0.29, 0.717) is 22.7 Å². The molecule has 0 aliphatic rings. The molecule has 1 amide bonds. The van der Waals surface area contributed by atoms with E-state index in [-0.39, 0.29) is 5.91 Å². The van der Waals surface area contributed by atoms with Crippen LogP contribution < -0.4 is 10.1 Å². The summed E-state index contributed by atoms with van der Waals surface area (Å²) in [6.07, 6.45) is 0. The largest absolute Gasteiger partial charge is 0.457 e. The van der Waals surface area contributed by atoms with E-state index in [0.717, 1.165) is 17.1 Å². The van der Waals surface area contributed by atoms with Crippen LogP contribution >= 0.6 is 0 Å². The number of nitrogens with one attached hydrogen (secondary N) is 1. The Morgan fingerprint density at radius 1 is 0.867 bits per heavy atom. The van der Waals surface area contributed by atoms with E-state index in [2.05, 4.69) is 10.4 Å². The zero-order chi connectivity index (χ0) is 21.1. The molecular formula is C25H23N3O2. The molecule has 1 N–H and O–H groups in total. The Labute approximate surface area is 175 Å². The molecule has 4 aromatic rings. The third-order valence-corrected chi connectivity index (χ3v) is 4.91. The van der Waals surface area contributed by atoms with Gasteiger partial charge >= 0.3 is 0 Å². The number of carbonyl (C=O) groups is 1. The predicted molar refractivity (Wildman–Crippen MR) is 119 cm³/mol. The van der Waals surface area contributed by atoms with Gasteiger partial charge in [-0.15, -0.1) is 0 Å². The first-order valence-corrected chi connectivity index (χ1v) is 9.79. The average Bonchev–Trinajstić information content (AvgIpc) is 3.03. The number of amides is 1. The number of aromatic nitrogens is 2. The third kappa shape index (κ3) is 3.96. The molecule has 0 aliphatic carbocycles. The van der Waals surface area contributed by atoms with Crippen molar-refractivity contribution in [1.29, 1.82) is 0 Å². The Hall–Kier alpha value is -3.86. The second-order valence-corrected chi connectivity index (χ2v) is 7.16. The summed E-state index contributed by atoms with van der Waals surface area (Å²) < 4.78 is 7.78. The zero-order valence-corrected chi connectivity index (χ0v) is 17.2. The lowest BCUT2D eigenvalue weighted by atomic mass is 10.1. The van der Waals surface area contributed by atoms with Crippen molar-refractivity contribution in [3.05, 3.63) is 101 Å². The van der Waals surface area contributed by atoms with Crippen LogP contribution in [0.4, 0.5) is 5.69 Å². The Bertz CT molecular complexity index is 1180. The second kappa shape index (κ2) is 8.25. The molecule has 5 heteroatoms. The Balaban J connectivity index is 1.62. The minimum Gasteiger partial charge on any atom is -0.457 e. The third-order valence-electron chi connectivity index (χ3n) is 4.91. The van der Waals surface area contributed by atoms with Crippen molar-refractivity contribution in [3.8, 4) is 17.2 Å². The Kier molecular flexibility index (Phi) is 5.35. The number of carbonyl (C=O) groups excluding carboxylic acids is 1. The Morgan fingerprint density at radius 3 is 2.27 bits per heavy atom. The number of hydrogen-bond donors (Lipinski definition) is 1. The maximum Gasteiger partial charge on any atom is 0.259 e. The van der Waals surface area contributed by atoms with Gasteiger partial charge in [0, 0.05) is 0 Å². The van der Waals surface area contributed by atoms with Crippen LogP contribution in [0.5, 0.6) is 11.5 Å². The number of aryl methyl sites for hydroxylation is 2. The molecule has 4 rings (SSSR count). The molecular weight excluding hydrogens is 374 g/mol. The van der Waals surface area contributed by atoms with Crippen LogP contribution in [0.15, 0.2) is 78.9 Å². The Morgan fingerprint density at radius 2 is 1.53 bits per heavy atom. The van der Waals surface area contributed by atoms with Gasteiger partial charge in [-0.3, -0.25) is 4.79 Å². The highest BCUT2D eigenvalue weighted by Gasteiger charge is 2.18. The number of nitrogens with zero attached hydrogens (tertiary/aromatic N) is 2. The highest BCUT2D eigenvalue weighted by atomic mass is 16.5. The first-order valence-electron chi connectivity index (χ1n) is 9.79. The van der Waals surface area contributed by atoms with Crippen molar-refractivity contribution >= 4 is 11.6 Å². The van der Waals surface area contributed by atoms with Crippen molar-refractivity contribution in [2.45, 2.75) is 20.8 Å². The van der Waals surface area contributed by atoms with E-state index < -0.39 is 0 Å². The van der Waals surface area contributed by atoms with Gasteiger partial charge < -0.3 is 10.1 Å². The predicted octanol–water partition coefficient (Wildman–Crippen LogP) is 5.84. The monoisotopic (exact) mass is 397 g/mol. The minimum absolute atomic E-state index is 0.240. The van der Waals surface area contributed by atoms with Crippen LogP contribution in [0.3, 0.4) is 0 Å². The summed E-state index contributed by atoms with van der Waals surface area (Å²) >= 11 is 0. The van der Waals surface area contributed by atoms with Gasteiger partial charge in [0.15, 0.2) is 0 Å². The van der Waals surface area contributed by atoms with Crippen LogP contribution in [0.2, 0.25) is 0 Å². The maximum atomic E-state index is 13.1. The summed E-state index contributed by atoms with van der Waals surface area (Å²) in [5.41, 5.74) is 4.92. The maximum absolute atomic E-state index is 13.1. The fraction of sp³-hybridized carbons (Fsp3) is 0.120. The van der Waals surface area contributed by atoms with Crippen LogP contribution in [0, 0.1) is 20.8 Å². The lowest BCUT2D eigenvalue weighted by Gasteiger charge is -2.12. The summed E-state index contributed by atoms with van der Waals surface area (Å²) in [6.45, 7) is 5.88. The summed E-state index contributed by atoms with van der Waals surface area (Å²) in [4.78, 5) is 13.1. The first kappa shape index (κ1) is 19.5. The molecule has 0 unspecified atom stereocenters. The highest BCUT2D eigenvalue weighted by molar-refractivity contribution is 6.06. The zero-order valence-electron chi connectivity index (χ0n) is 17.2. The van der Waals surface area contributed by atoms with Crippen molar-refractivity contribution < 1.29 is 9.53 Å². The van der Waals surface area contributed by atoms with E-state index in [1.165, 1.54) is 5.56 Å². The molecule has 0 saturated carbocycles. The SMILES string of the molecule is Cc1ccc(-n2nc(C)c(NC(=O)c3ccccc3Oc3ccccc3)c2C)cc1. The highest BCUT2D eigenvalue weighted by Crippen LogP contribution is 2.28. The van der Waals surface area contributed by atoms with Gasteiger partial charge in [0.2, 0.25) is 0 Å². The number of hydrogen-bond acceptors (Lipinski definition) is 3. The number of para-hydroxylation sites is 2. The molecule has 5 nitrogen and oxygen atoms in total. The average molecular weight is 397 g/mol. The number of ether oxygens (including phenoxy) is 1. The smallest absolute Gasteiger partial charge is 0.259 e. The molecule has 150 valence electrons. The van der Waals surface area contributed by atoms with Crippen molar-refractivity contribution in [2.24, 2.45) is 0 Å². The number of rotatable bonds is 5. The number of anilines is 1. The van der Waals surface area contributed by atoms with Gasteiger partial charge in [-0.25, -0.2) is 4.68 Å². The summed E-state index contributed by atoms with van der Waals surface area (Å²) in [6, 6.07) is 24.7. The van der Waals surface area contributed by atoms with Crippen LogP contribution in [-0.4, -0.2) is 15.7 Å². The van der Waals surface area contributed by atoms with Crippen molar-refractivity contribution in [2.75, 3.05) is 5.32 Å². The molecule has 0 bridgehead atoms. The molecule has 0 fully saturated rings. The topological polar surface area (TPSA) is 56.2 Å². The minimum atomic E-state index is -0.240. The molecule has 1 heterocycles. The lowest BCUT2D eigenvalue weighted by Crippen LogP contribution is -2.14. The molecule has 1 aromatic heterocycles. The van der Waals surface area contributed by atoms with Gasteiger partial charge in [0.25, 0.3) is 5.91 Å². The van der Waals surface area contributed by atoms with E-state index in [1.54, 1.807) is 12.1 Å². The summed E-state index contributed by atoms with van der Waals surface area (Å²) in [5, 5.41) is 7.64. The van der Waals surface area contributed by atoms with Crippen LogP contribution in [-0.2, 0) is 0 Å².